The number of hydrogen-bond donors (Lipinski definition) is 1. The molecule has 0 radical (unpaired) electrons. The maximum absolute atomic E-state index is 14.2. The lowest BCUT2D eigenvalue weighted by Crippen LogP contribution is -2.48. The van der Waals surface area contributed by atoms with Crippen LogP contribution in [-0.4, -0.2) is 46.5 Å². The number of alkyl carbamates (subject to hydrolysis) is 1. The van der Waals surface area contributed by atoms with Crippen LogP contribution in [0.3, 0.4) is 0 Å². The number of likely N-dealkylation sites (tertiary alicyclic amines) is 1. The molecule has 0 bridgehead atoms. The van der Waals surface area contributed by atoms with E-state index in [1.165, 1.54) is 5.56 Å². The number of rotatable bonds is 10. The van der Waals surface area contributed by atoms with E-state index in [0.29, 0.717) is 18.0 Å². The van der Waals surface area contributed by atoms with Crippen molar-refractivity contribution in [2.45, 2.75) is 77.7 Å². The van der Waals surface area contributed by atoms with Gasteiger partial charge in [-0.15, -0.1) is 0 Å². The Labute approximate surface area is 284 Å². The van der Waals surface area contributed by atoms with E-state index in [4.69, 9.17) is 16.3 Å². The molecule has 0 saturated carbocycles. The Morgan fingerprint density at radius 1 is 0.894 bits per heavy atom. The number of halogens is 1. The maximum atomic E-state index is 14.2. The predicted octanol–water partition coefficient (Wildman–Crippen LogP) is 8.83. The summed E-state index contributed by atoms with van der Waals surface area (Å²) in [6, 6.07) is 34.7. The van der Waals surface area contributed by atoms with E-state index < -0.39 is 11.7 Å². The lowest BCUT2D eigenvalue weighted by Gasteiger charge is -2.42. The van der Waals surface area contributed by atoms with Gasteiger partial charge in [0.15, 0.2) is 0 Å². The first kappa shape index (κ1) is 34.2. The topological polar surface area (TPSA) is 61.9 Å². The number of benzene rings is 4. The molecule has 7 heteroatoms. The summed E-state index contributed by atoms with van der Waals surface area (Å²) in [5, 5.41) is 3.56. The van der Waals surface area contributed by atoms with Crippen LogP contribution in [-0.2, 0) is 29.0 Å². The summed E-state index contributed by atoms with van der Waals surface area (Å²) in [5.41, 5.74) is 5.85. The largest absolute Gasteiger partial charge is 0.444 e. The number of amides is 2. The van der Waals surface area contributed by atoms with Crippen molar-refractivity contribution in [1.82, 2.24) is 15.1 Å². The van der Waals surface area contributed by atoms with Crippen LogP contribution < -0.4 is 5.32 Å². The van der Waals surface area contributed by atoms with E-state index in [9.17, 15) is 9.59 Å². The van der Waals surface area contributed by atoms with Gasteiger partial charge in [-0.1, -0.05) is 96.5 Å². The third kappa shape index (κ3) is 9.69. The molecule has 1 atom stereocenters. The zero-order chi connectivity index (χ0) is 33.4. The number of hydrogen-bond acceptors (Lipinski definition) is 4. The van der Waals surface area contributed by atoms with E-state index in [1.54, 1.807) is 0 Å². The summed E-state index contributed by atoms with van der Waals surface area (Å²) in [5.74, 6) is 0.119. The van der Waals surface area contributed by atoms with Gasteiger partial charge in [0.25, 0.3) is 0 Å². The molecular weight excluding hydrogens is 606 g/mol. The summed E-state index contributed by atoms with van der Waals surface area (Å²) >= 11 is 6.14. The van der Waals surface area contributed by atoms with Gasteiger partial charge in [0.1, 0.15) is 5.60 Å². The van der Waals surface area contributed by atoms with Gasteiger partial charge in [-0.25, -0.2) is 4.79 Å². The van der Waals surface area contributed by atoms with E-state index >= 15 is 0 Å². The minimum Gasteiger partial charge on any atom is -0.444 e. The molecule has 0 aromatic heterocycles. The van der Waals surface area contributed by atoms with Crippen molar-refractivity contribution in [2.75, 3.05) is 13.1 Å². The zero-order valence-electron chi connectivity index (χ0n) is 27.9. The standard InChI is InChI=1S/C40H46ClN3O3/c1-29(32-14-10-15-33(26-32)37-16-9-8-13-34(37)27-42-39(46)47-40(2,3)4)44(38(45)25-30-17-19-35(41)20-18-30)36-21-23-43(24-22-36)28-31-11-6-5-7-12-31/h5-20,26,29,36H,21-25,27-28H2,1-4H3,(H,42,46). The van der Waals surface area contributed by atoms with Crippen molar-refractivity contribution < 1.29 is 14.3 Å². The molecule has 5 rings (SSSR count). The summed E-state index contributed by atoms with van der Waals surface area (Å²) < 4.78 is 5.45. The molecule has 1 aliphatic rings. The van der Waals surface area contributed by atoms with Crippen molar-refractivity contribution in [3.05, 3.63) is 130 Å². The molecule has 4 aromatic rings. The van der Waals surface area contributed by atoms with Crippen LogP contribution in [0.2, 0.25) is 5.02 Å². The molecular formula is C40H46ClN3O3. The summed E-state index contributed by atoms with van der Waals surface area (Å²) in [6.45, 7) is 10.8. The normalized spacial score (nSPS) is 14.7. The van der Waals surface area contributed by atoms with Crippen molar-refractivity contribution in [3.63, 3.8) is 0 Å². The lowest BCUT2D eigenvalue weighted by molar-refractivity contribution is -0.136. The average molecular weight is 652 g/mol. The molecule has 1 heterocycles. The van der Waals surface area contributed by atoms with E-state index in [0.717, 1.165) is 60.3 Å². The minimum atomic E-state index is -0.566. The van der Waals surface area contributed by atoms with Gasteiger partial charge in [-0.05, 0) is 92.1 Å². The molecule has 4 aromatic carbocycles. The van der Waals surface area contributed by atoms with Crippen molar-refractivity contribution in [3.8, 4) is 11.1 Å². The SMILES string of the molecule is CC(c1cccc(-c2ccccc2CNC(=O)OC(C)(C)C)c1)N(C(=O)Cc1ccc(Cl)cc1)C1CCN(Cc2ccccc2)CC1. The molecule has 1 saturated heterocycles. The van der Waals surface area contributed by atoms with Gasteiger partial charge in [0.2, 0.25) is 5.91 Å². The fourth-order valence-corrected chi connectivity index (χ4v) is 6.49. The van der Waals surface area contributed by atoms with Crippen LogP contribution in [0.5, 0.6) is 0 Å². The van der Waals surface area contributed by atoms with Gasteiger partial charge in [0.05, 0.1) is 12.5 Å². The number of nitrogens with one attached hydrogen (secondary N) is 1. The fourth-order valence-electron chi connectivity index (χ4n) is 6.37. The first-order valence-corrected chi connectivity index (χ1v) is 16.9. The van der Waals surface area contributed by atoms with Crippen LogP contribution in [0.15, 0.2) is 103 Å². The number of ether oxygens (including phenoxy) is 1. The Morgan fingerprint density at radius 2 is 1.57 bits per heavy atom. The van der Waals surface area contributed by atoms with Gasteiger partial charge >= 0.3 is 6.09 Å². The minimum absolute atomic E-state index is 0.119. The summed E-state index contributed by atoms with van der Waals surface area (Å²) in [4.78, 5) is 31.2. The molecule has 1 unspecified atom stereocenters. The van der Waals surface area contributed by atoms with E-state index in [1.807, 2.05) is 63.2 Å². The number of carbonyl (C=O) groups excluding carboxylic acids is 2. The molecule has 0 aliphatic carbocycles. The summed E-state index contributed by atoms with van der Waals surface area (Å²) in [6.07, 6.45) is 1.72. The highest BCUT2D eigenvalue weighted by molar-refractivity contribution is 6.30. The second-order valence-corrected chi connectivity index (χ2v) is 13.8. The third-order valence-electron chi connectivity index (χ3n) is 8.69. The first-order chi connectivity index (χ1) is 22.6. The number of nitrogens with zero attached hydrogens (tertiary/aromatic N) is 2. The van der Waals surface area contributed by atoms with Crippen LogP contribution in [0.1, 0.15) is 68.8 Å². The predicted molar refractivity (Wildman–Crippen MR) is 190 cm³/mol. The van der Waals surface area contributed by atoms with Crippen molar-refractivity contribution in [1.29, 1.82) is 0 Å². The highest BCUT2D eigenvalue weighted by Gasteiger charge is 2.32. The zero-order valence-corrected chi connectivity index (χ0v) is 28.7. The lowest BCUT2D eigenvalue weighted by atomic mass is 9.93. The number of carbonyl (C=O) groups is 2. The monoisotopic (exact) mass is 651 g/mol. The van der Waals surface area contributed by atoms with Gasteiger partial charge in [0, 0.05) is 37.2 Å². The third-order valence-corrected chi connectivity index (χ3v) is 8.94. The Kier molecular flexibility index (Phi) is 11.4. The Morgan fingerprint density at radius 3 is 2.28 bits per heavy atom. The van der Waals surface area contributed by atoms with E-state index in [-0.39, 0.29) is 18.0 Å². The Balaban J connectivity index is 1.36. The molecule has 1 N–H and O–H groups in total. The highest BCUT2D eigenvalue weighted by atomic mass is 35.5. The highest BCUT2D eigenvalue weighted by Crippen LogP contribution is 2.32. The molecule has 6 nitrogen and oxygen atoms in total. The van der Waals surface area contributed by atoms with Gasteiger partial charge < -0.3 is 15.0 Å². The van der Waals surface area contributed by atoms with Crippen LogP contribution in [0.25, 0.3) is 11.1 Å². The number of piperidine rings is 1. The molecule has 0 spiro atoms. The molecule has 1 fully saturated rings. The van der Waals surface area contributed by atoms with Gasteiger partial charge in [-0.3, -0.25) is 9.69 Å². The Bertz CT molecular complexity index is 1630. The first-order valence-electron chi connectivity index (χ1n) is 16.5. The maximum Gasteiger partial charge on any atom is 0.407 e. The van der Waals surface area contributed by atoms with Crippen LogP contribution in [0, 0.1) is 0 Å². The fraction of sp³-hybridized carbons (Fsp3) is 0.350. The second-order valence-electron chi connectivity index (χ2n) is 13.4. The quantitative estimate of drug-likeness (QED) is 0.186. The van der Waals surface area contributed by atoms with E-state index in [2.05, 4.69) is 82.7 Å². The molecule has 47 heavy (non-hydrogen) atoms. The second kappa shape index (κ2) is 15.6. The van der Waals surface area contributed by atoms with Crippen molar-refractivity contribution in [2.24, 2.45) is 0 Å². The molecule has 2 amide bonds. The summed E-state index contributed by atoms with van der Waals surface area (Å²) in [7, 11) is 0. The smallest absolute Gasteiger partial charge is 0.407 e. The molecule has 246 valence electrons. The van der Waals surface area contributed by atoms with Gasteiger partial charge in [-0.2, -0.15) is 0 Å². The Hall–Kier alpha value is -4.13. The van der Waals surface area contributed by atoms with Crippen LogP contribution >= 0.6 is 11.6 Å². The van der Waals surface area contributed by atoms with Crippen molar-refractivity contribution >= 4 is 23.6 Å². The molecule has 1 aliphatic heterocycles. The van der Waals surface area contributed by atoms with Crippen LogP contribution in [0.4, 0.5) is 4.79 Å². The average Bonchev–Trinajstić information content (AvgIpc) is 3.05.